The smallest absolute Gasteiger partial charge is 0.326 e. The molecule has 0 aliphatic carbocycles. The molecule has 2 aromatic carbocycles. The van der Waals surface area contributed by atoms with Gasteiger partial charge in [0.1, 0.15) is 6.04 Å². The molecule has 0 radical (unpaired) electrons. The fourth-order valence-electron chi connectivity index (χ4n) is 5.14. The maximum atomic E-state index is 13.1. The first-order valence-corrected chi connectivity index (χ1v) is 13.3. The highest BCUT2D eigenvalue weighted by molar-refractivity contribution is 5.99. The number of nitrogens with one attached hydrogen (secondary N) is 3. The number of carbonyl (C=O) groups excluding carboxylic acids is 2. The number of hydrogen-bond acceptors (Lipinski definition) is 7. The number of carboxylic acids is 1. The van der Waals surface area contributed by atoms with Crippen LogP contribution in [0.1, 0.15) is 52.4 Å². The van der Waals surface area contributed by atoms with Crippen molar-refractivity contribution in [1.29, 1.82) is 5.26 Å². The molecule has 4 rings (SSSR count). The van der Waals surface area contributed by atoms with Crippen LogP contribution in [0.3, 0.4) is 0 Å². The Kier molecular flexibility index (Phi) is 8.81. The van der Waals surface area contributed by atoms with Gasteiger partial charge >= 0.3 is 5.97 Å². The van der Waals surface area contributed by atoms with E-state index in [9.17, 15) is 24.8 Å². The first-order chi connectivity index (χ1) is 18.8. The van der Waals surface area contributed by atoms with E-state index in [1.54, 1.807) is 19.1 Å². The van der Waals surface area contributed by atoms with Crippen LogP contribution in [0.25, 0.3) is 0 Å². The van der Waals surface area contributed by atoms with Gasteiger partial charge in [0.25, 0.3) is 5.91 Å². The Morgan fingerprint density at radius 1 is 1.21 bits per heavy atom. The van der Waals surface area contributed by atoms with Crippen molar-refractivity contribution in [3.05, 3.63) is 64.2 Å². The third-order valence-electron chi connectivity index (χ3n) is 7.28. The van der Waals surface area contributed by atoms with Crippen molar-refractivity contribution in [1.82, 2.24) is 16.0 Å². The van der Waals surface area contributed by atoms with Crippen LogP contribution in [-0.4, -0.2) is 61.1 Å². The fraction of sp³-hybridized carbons (Fsp3) is 0.414. The first-order valence-electron chi connectivity index (χ1n) is 13.3. The summed E-state index contributed by atoms with van der Waals surface area (Å²) >= 11 is 0. The van der Waals surface area contributed by atoms with Gasteiger partial charge in [-0.1, -0.05) is 19.1 Å². The number of benzene rings is 2. The second-order valence-corrected chi connectivity index (χ2v) is 9.94. The molecule has 2 heterocycles. The summed E-state index contributed by atoms with van der Waals surface area (Å²) in [6.45, 7) is 6.56. The molecule has 204 valence electrons. The number of hydrogen-bond donors (Lipinski definition) is 4. The number of aliphatic imine (C=N–C) groups is 1. The predicted molar refractivity (Wildman–Crippen MR) is 148 cm³/mol. The summed E-state index contributed by atoms with van der Waals surface area (Å²) in [4.78, 5) is 44.0. The van der Waals surface area contributed by atoms with Gasteiger partial charge in [-0.25, -0.2) is 4.79 Å². The Labute approximate surface area is 228 Å². The molecule has 0 saturated carbocycles. The standard InChI is InChI=1S/C29H34N6O4/c1-3-21-15-20(17-30)14-18(2)25(21)27(37)33-24(28(38)39)16-19-4-6-23(7-5-19)35-12-8-22(9-13-35)26(36)34-29-31-10-11-32-29/h4-7,14-15,22,24H,3,8-13,16H2,1-2H3,(H,33,37)(H,38,39)(H2,31,32,34,36). The topological polar surface area (TPSA) is 147 Å². The number of anilines is 1. The highest BCUT2D eigenvalue weighted by atomic mass is 16.4. The number of rotatable bonds is 8. The number of carbonyl (C=O) groups is 3. The number of piperidine rings is 1. The number of amides is 2. The second-order valence-electron chi connectivity index (χ2n) is 9.94. The molecule has 4 N–H and O–H groups in total. The minimum absolute atomic E-state index is 0.00200. The summed E-state index contributed by atoms with van der Waals surface area (Å²) in [5.41, 5.74) is 4.04. The van der Waals surface area contributed by atoms with Crippen LogP contribution >= 0.6 is 0 Å². The van der Waals surface area contributed by atoms with Crippen molar-refractivity contribution in [2.75, 3.05) is 31.1 Å². The summed E-state index contributed by atoms with van der Waals surface area (Å²) in [7, 11) is 0. The van der Waals surface area contributed by atoms with E-state index in [0.29, 0.717) is 41.2 Å². The molecule has 2 aromatic rings. The number of carboxylic acid groups (broad SMARTS) is 1. The lowest BCUT2D eigenvalue weighted by molar-refractivity contribution is -0.139. The van der Waals surface area contributed by atoms with Crippen LogP contribution in [0.2, 0.25) is 0 Å². The highest BCUT2D eigenvalue weighted by Crippen LogP contribution is 2.24. The van der Waals surface area contributed by atoms with E-state index in [4.69, 9.17) is 0 Å². The van der Waals surface area contributed by atoms with Crippen molar-refractivity contribution >= 4 is 29.4 Å². The Morgan fingerprint density at radius 3 is 2.51 bits per heavy atom. The molecule has 0 aromatic heterocycles. The SMILES string of the molecule is CCc1cc(C#N)cc(C)c1C(=O)NC(Cc1ccc(N2CCC(C(=O)NC3=NCCN3)CC2)cc1)C(=O)O. The lowest BCUT2D eigenvalue weighted by Crippen LogP contribution is -2.45. The van der Waals surface area contributed by atoms with Crippen molar-refractivity contribution in [3.63, 3.8) is 0 Å². The molecule has 1 fully saturated rings. The quantitative estimate of drug-likeness (QED) is 0.409. The summed E-state index contributed by atoms with van der Waals surface area (Å²) in [6, 6.07) is 12.0. The zero-order chi connectivity index (χ0) is 27.9. The average Bonchev–Trinajstić information content (AvgIpc) is 3.45. The molecule has 2 aliphatic rings. The summed E-state index contributed by atoms with van der Waals surface area (Å²) < 4.78 is 0. The van der Waals surface area contributed by atoms with Crippen LogP contribution < -0.4 is 20.9 Å². The maximum Gasteiger partial charge on any atom is 0.326 e. The largest absolute Gasteiger partial charge is 0.480 e. The molecule has 10 nitrogen and oxygen atoms in total. The van der Waals surface area contributed by atoms with Gasteiger partial charge in [-0.2, -0.15) is 5.26 Å². The first kappa shape index (κ1) is 27.6. The van der Waals surface area contributed by atoms with E-state index in [1.165, 1.54) is 0 Å². The molecule has 10 heteroatoms. The average molecular weight is 531 g/mol. The van der Waals surface area contributed by atoms with Crippen LogP contribution in [-0.2, 0) is 22.4 Å². The van der Waals surface area contributed by atoms with E-state index in [2.05, 4.69) is 31.9 Å². The van der Waals surface area contributed by atoms with E-state index in [1.807, 2.05) is 31.2 Å². The van der Waals surface area contributed by atoms with E-state index in [-0.39, 0.29) is 18.2 Å². The molecular formula is C29H34N6O4. The Bertz CT molecular complexity index is 1310. The third kappa shape index (κ3) is 6.74. The summed E-state index contributed by atoms with van der Waals surface area (Å²) in [6.07, 6.45) is 2.16. The van der Waals surface area contributed by atoms with Gasteiger partial charge in [-0.3, -0.25) is 19.9 Å². The molecule has 0 bridgehead atoms. The molecule has 1 unspecified atom stereocenters. The summed E-state index contributed by atoms with van der Waals surface area (Å²) in [5.74, 6) is -1.07. The number of guanidine groups is 1. The van der Waals surface area contributed by atoms with Crippen LogP contribution in [0.15, 0.2) is 41.4 Å². The molecule has 0 spiro atoms. The van der Waals surface area contributed by atoms with Gasteiger partial charge in [0.15, 0.2) is 5.96 Å². The van der Waals surface area contributed by atoms with E-state index in [0.717, 1.165) is 43.7 Å². The monoisotopic (exact) mass is 530 g/mol. The lowest BCUT2D eigenvalue weighted by atomic mass is 9.95. The summed E-state index contributed by atoms with van der Waals surface area (Å²) in [5, 5.41) is 27.6. The maximum absolute atomic E-state index is 13.1. The molecule has 1 atom stereocenters. The number of aliphatic carboxylic acids is 1. The Balaban J connectivity index is 1.35. The number of aryl methyl sites for hydroxylation is 2. The minimum Gasteiger partial charge on any atom is -0.480 e. The predicted octanol–water partition coefficient (Wildman–Crippen LogP) is 2.15. The van der Waals surface area contributed by atoms with Crippen molar-refractivity contribution in [2.45, 2.75) is 45.6 Å². The van der Waals surface area contributed by atoms with Crippen molar-refractivity contribution in [3.8, 4) is 6.07 Å². The Morgan fingerprint density at radius 2 is 1.92 bits per heavy atom. The molecule has 1 saturated heterocycles. The zero-order valence-electron chi connectivity index (χ0n) is 22.3. The molecule has 2 aliphatic heterocycles. The highest BCUT2D eigenvalue weighted by Gasteiger charge is 2.27. The lowest BCUT2D eigenvalue weighted by Gasteiger charge is -2.33. The molecule has 2 amide bonds. The van der Waals surface area contributed by atoms with Gasteiger partial charge in [-0.05, 0) is 67.1 Å². The van der Waals surface area contributed by atoms with Gasteiger partial charge in [0.2, 0.25) is 5.91 Å². The van der Waals surface area contributed by atoms with Gasteiger partial charge in [0, 0.05) is 43.2 Å². The van der Waals surface area contributed by atoms with Gasteiger partial charge in [-0.15, -0.1) is 0 Å². The van der Waals surface area contributed by atoms with E-state index >= 15 is 0 Å². The zero-order valence-corrected chi connectivity index (χ0v) is 22.3. The minimum atomic E-state index is -1.11. The second kappa shape index (κ2) is 12.4. The van der Waals surface area contributed by atoms with Gasteiger partial charge < -0.3 is 20.6 Å². The normalized spacial score (nSPS) is 16.0. The fourth-order valence-corrected chi connectivity index (χ4v) is 5.14. The van der Waals surface area contributed by atoms with Crippen LogP contribution in [0, 0.1) is 24.2 Å². The molecular weight excluding hydrogens is 496 g/mol. The molecule has 39 heavy (non-hydrogen) atoms. The van der Waals surface area contributed by atoms with E-state index < -0.39 is 17.9 Å². The van der Waals surface area contributed by atoms with Crippen LogP contribution in [0.5, 0.6) is 0 Å². The van der Waals surface area contributed by atoms with Crippen molar-refractivity contribution < 1.29 is 19.5 Å². The Hall–Kier alpha value is -4.39. The number of nitriles is 1. The van der Waals surface area contributed by atoms with Crippen molar-refractivity contribution in [2.24, 2.45) is 10.9 Å². The third-order valence-corrected chi connectivity index (χ3v) is 7.28. The number of nitrogens with zero attached hydrogens (tertiary/aromatic N) is 3. The van der Waals surface area contributed by atoms with Crippen LogP contribution in [0.4, 0.5) is 5.69 Å². The van der Waals surface area contributed by atoms with Gasteiger partial charge in [0.05, 0.1) is 18.2 Å².